The van der Waals surface area contributed by atoms with Gasteiger partial charge in [0.2, 0.25) is 0 Å². The van der Waals surface area contributed by atoms with Crippen molar-refractivity contribution in [2.24, 2.45) is 0 Å². The maximum absolute atomic E-state index is 13.0. The molecule has 6 heteroatoms. The molecule has 0 aliphatic carbocycles. The van der Waals surface area contributed by atoms with Crippen LogP contribution < -0.4 is 0 Å². The largest absolute Gasteiger partial charge is 0.333 e. The van der Waals surface area contributed by atoms with E-state index >= 15 is 0 Å². The van der Waals surface area contributed by atoms with Gasteiger partial charge in [-0.3, -0.25) is 0 Å². The minimum atomic E-state index is -0.247. The molecule has 0 amide bonds. The van der Waals surface area contributed by atoms with Gasteiger partial charge in [0.25, 0.3) is 0 Å². The van der Waals surface area contributed by atoms with E-state index in [0.29, 0.717) is 5.75 Å². The third-order valence-electron chi connectivity index (χ3n) is 3.90. The Morgan fingerprint density at radius 2 is 1.72 bits per heavy atom. The number of nitrogens with one attached hydrogen (secondary N) is 1. The third-order valence-corrected chi connectivity index (χ3v) is 4.79. The van der Waals surface area contributed by atoms with Gasteiger partial charge in [-0.25, -0.2) is 19.3 Å². The van der Waals surface area contributed by atoms with Crippen LogP contribution >= 0.6 is 11.8 Å². The summed E-state index contributed by atoms with van der Waals surface area (Å²) in [7, 11) is 0. The normalized spacial score (nSPS) is 11.1. The number of hydrogen-bond acceptors (Lipinski definition) is 4. The number of aryl methyl sites for hydroxylation is 1. The van der Waals surface area contributed by atoms with Crippen LogP contribution in [0.5, 0.6) is 0 Å². The number of halogens is 1. The average Bonchev–Trinajstić information content (AvgIpc) is 3.09. The number of para-hydroxylation sites is 2. The molecule has 0 spiro atoms. The topological polar surface area (TPSA) is 54.5 Å². The molecule has 1 N–H and O–H groups in total. The fourth-order valence-electron chi connectivity index (χ4n) is 2.55. The molecule has 4 aromatic rings. The van der Waals surface area contributed by atoms with Gasteiger partial charge in [0, 0.05) is 5.75 Å². The molecule has 0 unspecified atom stereocenters. The van der Waals surface area contributed by atoms with Crippen LogP contribution in [-0.2, 0) is 5.75 Å². The molecule has 0 aliphatic rings. The number of nitrogens with zero attached hydrogens (tertiary/aromatic N) is 3. The highest BCUT2D eigenvalue weighted by Crippen LogP contribution is 2.25. The van der Waals surface area contributed by atoms with Crippen molar-refractivity contribution < 1.29 is 4.39 Å². The van der Waals surface area contributed by atoms with Crippen LogP contribution in [0.3, 0.4) is 0 Å². The lowest BCUT2D eigenvalue weighted by atomic mass is 10.2. The molecule has 2 heterocycles. The van der Waals surface area contributed by atoms with E-state index in [4.69, 9.17) is 4.98 Å². The van der Waals surface area contributed by atoms with E-state index in [9.17, 15) is 4.39 Å². The van der Waals surface area contributed by atoms with Gasteiger partial charge < -0.3 is 4.98 Å². The maximum Gasteiger partial charge on any atom is 0.166 e. The fourth-order valence-corrected chi connectivity index (χ4v) is 3.41. The predicted molar refractivity (Wildman–Crippen MR) is 97.8 cm³/mol. The summed E-state index contributed by atoms with van der Waals surface area (Å²) in [5.74, 6) is 0.434. The SMILES string of the molecule is Cc1nc2ccccc2nc1CSc1ncc(-c2ccc(F)cc2)[nH]1. The lowest BCUT2D eigenvalue weighted by molar-refractivity contribution is 0.628. The fraction of sp³-hybridized carbons (Fsp3) is 0.105. The van der Waals surface area contributed by atoms with Gasteiger partial charge in [0.05, 0.1) is 34.3 Å². The van der Waals surface area contributed by atoms with Gasteiger partial charge in [0.15, 0.2) is 5.16 Å². The second kappa shape index (κ2) is 6.64. The summed E-state index contributed by atoms with van der Waals surface area (Å²) < 4.78 is 13.0. The van der Waals surface area contributed by atoms with Crippen molar-refractivity contribution in [1.29, 1.82) is 0 Å². The monoisotopic (exact) mass is 350 g/mol. The Balaban J connectivity index is 1.52. The van der Waals surface area contributed by atoms with Crippen LogP contribution in [0.4, 0.5) is 4.39 Å². The molecule has 4 nitrogen and oxygen atoms in total. The lowest BCUT2D eigenvalue weighted by Gasteiger charge is -2.05. The highest BCUT2D eigenvalue weighted by molar-refractivity contribution is 7.98. The number of H-pyrrole nitrogens is 1. The number of aromatic nitrogens is 4. The molecular formula is C19H15FN4S. The Morgan fingerprint density at radius 3 is 2.48 bits per heavy atom. The van der Waals surface area contributed by atoms with Crippen LogP contribution in [-0.4, -0.2) is 19.9 Å². The van der Waals surface area contributed by atoms with Gasteiger partial charge in [-0.15, -0.1) is 0 Å². The standard InChI is InChI=1S/C19H15FN4S/c1-12-18(23-16-5-3-2-4-15(16)22-12)11-25-19-21-10-17(24-19)13-6-8-14(20)9-7-13/h2-10H,11H2,1H3,(H,21,24). The molecular weight excluding hydrogens is 335 g/mol. The first-order valence-corrected chi connectivity index (χ1v) is 8.83. The van der Waals surface area contributed by atoms with Crippen molar-refractivity contribution in [3.63, 3.8) is 0 Å². The smallest absolute Gasteiger partial charge is 0.166 e. The van der Waals surface area contributed by atoms with Crippen molar-refractivity contribution in [1.82, 2.24) is 19.9 Å². The molecule has 4 rings (SSSR count). The van der Waals surface area contributed by atoms with Crippen LogP contribution in [0.25, 0.3) is 22.3 Å². The molecule has 2 aromatic carbocycles. The summed E-state index contributed by atoms with van der Waals surface area (Å²) in [4.78, 5) is 16.9. The van der Waals surface area contributed by atoms with Crippen molar-refractivity contribution in [3.8, 4) is 11.3 Å². The first kappa shape index (κ1) is 15.8. The predicted octanol–water partition coefficient (Wildman–Crippen LogP) is 4.76. The summed E-state index contributed by atoms with van der Waals surface area (Å²) in [5, 5.41) is 0.800. The Hall–Kier alpha value is -2.73. The lowest BCUT2D eigenvalue weighted by Crippen LogP contribution is -1.97. The summed E-state index contributed by atoms with van der Waals surface area (Å²) in [6, 6.07) is 14.2. The summed E-state index contributed by atoms with van der Waals surface area (Å²) in [5.41, 5.74) is 5.45. The molecule has 0 fully saturated rings. The number of rotatable bonds is 4. The van der Waals surface area contributed by atoms with E-state index in [1.165, 1.54) is 12.1 Å². The summed E-state index contributed by atoms with van der Waals surface area (Å²) in [6.45, 7) is 1.97. The number of benzene rings is 2. The number of hydrogen-bond donors (Lipinski definition) is 1. The molecule has 0 radical (unpaired) electrons. The Bertz CT molecular complexity index is 1030. The zero-order valence-electron chi connectivity index (χ0n) is 13.5. The molecule has 0 atom stereocenters. The van der Waals surface area contributed by atoms with Gasteiger partial charge in [0.1, 0.15) is 5.82 Å². The zero-order valence-corrected chi connectivity index (χ0v) is 14.3. The van der Waals surface area contributed by atoms with Crippen LogP contribution in [0.1, 0.15) is 11.4 Å². The van der Waals surface area contributed by atoms with Crippen molar-refractivity contribution >= 4 is 22.8 Å². The minimum absolute atomic E-state index is 0.247. The maximum atomic E-state index is 13.0. The summed E-state index contributed by atoms with van der Waals surface area (Å²) in [6.07, 6.45) is 1.76. The second-order valence-electron chi connectivity index (χ2n) is 5.64. The van der Waals surface area contributed by atoms with E-state index < -0.39 is 0 Å². The zero-order chi connectivity index (χ0) is 17.2. The third kappa shape index (κ3) is 3.39. The van der Waals surface area contributed by atoms with E-state index in [1.807, 2.05) is 31.2 Å². The van der Waals surface area contributed by atoms with Gasteiger partial charge in [-0.05, 0) is 48.9 Å². The second-order valence-corrected chi connectivity index (χ2v) is 6.61. The Kier molecular flexibility index (Phi) is 4.19. The number of imidazole rings is 1. The molecule has 0 bridgehead atoms. The molecule has 25 heavy (non-hydrogen) atoms. The van der Waals surface area contributed by atoms with E-state index in [2.05, 4.69) is 15.0 Å². The van der Waals surface area contributed by atoms with Gasteiger partial charge in [-0.1, -0.05) is 23.9 Å². The van der Waals surface area contributed by atoms with Crippen LogP contribution in [0.2, 0.25) is 0 Å². The van der Waals surface area contributed by atoms with Crippen molar-refractivity contribution in [3.05, 3.63) is 71.9 Å². The number of fused-ring (bicyclic) bond motifs is 1. The number of thioether (sulfide) groups is 1. The first-order chi connectivity index (χ1) is 12.2. The van der Waals surface area contributed by atoms with Gasteiger partial charge >= 0.3 is 0 Å². The first-order valence-electron chi connectivity index (χ1n) is 7.85. The Labute approximate surface area is 148 Å². The quantitative estimate of drug-likeness (QED) is 0.539. The van der Waals surface area contributed by atoms with Crippen molar-refractivity contribution in [2.75, 3.05) is 0 Å². The molecule has 124 valence electrons. The molecule has 0 saturated carbocycles. The molecule has 0 aliphatic heterocycles. The Morgan fingerprint density at radius 1 is 1.00 bits per heavy atom. The van der Waals surface area contributed by atoms with Gasteiger partial charge in [-0.2, -0.15) is 0 Å². The van der Waals surface area contributed by atoms with Crippen LogP contribution in [0, 0.1) is 12.7 Å². The summed E-state index contributed by atoms with van der Waals surface area (Å²) >= 11 is 1.57. The highest BCUT2D eigenvalue weighted by atomic mass is 32.2. The van der Waals surface area contributed by atoms with E-state index in [0.717, 1.165) is 38.8 Å². The van der Waals surface area contributed by atoms with Crippen molar-refractivity contribution in [2.45, 2.75) is 17.8 Å². The highest BCUT2D eigenvalue weighted by Gasteiger charge is 2.08. The average molecular weight is 350 g/mol. The minimum Gasteiger partial charge on any atom is -0.333 e. The molecule has 2 aromatic heterocycles. The van der Waals surface area contributed by atoms with E-state index in [-0.39, 0.29) is 5.82 Å². The molecule has 0 saturated heterocycles. The van der Waals surface area contributed by atoms with E-state index in [1.54, 1.807) is 30.1 Å². The van der Waals surface area contributed by atoms with Crippen LogP contribution in [0.15, 0.2) is 59.9 Å². The number of aromatic amines is 1.